The molecule has 3 rings (SSSR count). The largest absolute Gasteiger partial charge is 0.369 e. The van der Waals surface area contributed by atoms with E-state index in [1.54, 1.807) is 0 Å². The lowest BCUT2D eigenvalue weighted by Crippen LogP contribution is -2.50. The number of anilines is 1. The molecule has 0 amide bonds. The van der Waals surface area contributed by atoms with Gasteiger partial charge in [0.05, 0.1) is 0 Å². The first-order valence-corrected chi connectivity index (χ1v) is 8.51. The standard InChI is InChI=1S/C18H29N3/c1-15-7-8-18(16(13-15)14-19-2)21-11-9-20(10-12-21)17-5-3-4-6-17/h7-8,13,17,19H,3-6,9-12,14H2,1-2H3. The first-order chi connectivity index (χ1) is 10.3. The molecule has 1 saturated carbocycles. The van der Waals surface area contributed by atoms with E-state index in [4.69, 9.17) is 0 Å². The fourth-order valence-corrected chi connectivity index (χ4v) is 3.95. The maximum Gasteiger partial charge on any atom is 0.0412 e. The van der Waals surface area contributed by atoms with Crippen molar-refractivity contribution in [3.63, 3.8) is 0 Å². The van der Waals surface area contributed by atoms with Crippen molar-refractivity contribution >= 4 is 5.69 Å². The van der Waals surface area contributed by atoms with Crippen LogP contribution in [0.1, 0.15) is 36.8 Å². The van der Waals surface area contributed by atoms with E-state index in [1.807, 2.05) is 7.05 Å². The second-order valence-electron chi connectivity index (χ2n) is 6.62. The maximum atomic E-state index is 3.31. The number of nitrogens with zero attached hydrogens (tertiary/aromatic N) is 2. The van der Waals surface area contributed by atoms with Gasteiger partial charge in [-0.2, -0.15) is 0 Å². The Balaban J connectivity index is 1.66. The minimum Gasteiger partial charge on any atom is -0.369 e. The third kappa shape index (κ3) is 3.41. The molecule has 1 aromatic carbocycles. The lowest BCUT2D eigenvalue weighted by molar-refractivity contribution is 0.187. The molecule has 0 atom stereocenters. The van der Waals surface area contributed by atoms with Crippen molar-refractivity contribution in [1.82, 2.24) is 10.2 Å². The van der Waals surface area contributed by atoms with Crippen LogP contribution >= 0.6 is 0 Å². The quantitative estimate of drug-likeness (QED) is 0.918. The molecule has 1 heterocycles. The number of benzene rings is 1. The highest BCUT2D eigenvalue weighted by atomic mass is 15.3. The summed E-state index contributed by atoms with van der Waals surface area (Å²) in [5.74, 6) is 0. The molecule has 2 aliphatic rings. The van der Waals surface area contributed by atoms with Gasteiger partial charge in [-0.05, 0) is 38.4 Å². The first-order valence-electron chi connectivity index (χ1n) is 8.51. The molecule has 1 aromatic rings. The molecular weight excluding hydrogens is 258 g/mol. The Bertz CT molecular complexity index is 458. The van der Waals surface area contributed by atoms with E-state index < -0.39 is 0 Å². The molecular formula is C18H29N3. The second kappa shape index (κ2) is 6.80. The van der Waals surface area contributed by atoms with Crippen LogP contribution in [-0.4, -0.2) is 44.2 Å². The average Bonchev–Trinajstić information content (AvgIpc) is 3.02. The summed E-state index contributed by atoms with van der Waals surface area (Å²) in [4.78, 5) is 5.31. The highest BCUT2D eigenvalue weighted by molar-refractivity contribution is 5.55. The molecule has 0 aromatic heterocycles. The molecule has 0 unspecified atom stereocenters. The maximum absolute atomic E-state index is 3.31. The monoisotopic (exact) mass is 287 g/mol. The molecule has 116 valence electrons. The zero-order valence-corrected chi connectivity index (χ0v) is 13.6. The van der Waals surface area contributed by atoms with Crippen LogP contribution in [0.5, 0.6) is 0 Å². The average molecular weight is 287 g/mol. The fraction of sp³-hybridized carbons (Fsp3) is 0.667. The Hall–Kier alpha value is -1.06. The van der Waals surface area contributed by atoms with Crippen molar-refractivity contribution in [2.45, 2.75) is 45.2 Å². The predicted octanol–water partition coefficient (Wildman–Crippen LogP) is 2.78. The minimum atomic E-state index is 0.877. The van der Waals surface area contributed by atoms with Crippen molar-refractivity contribution in [3.05, 3.63) is 29.3 Å². The Kier molecular flexibility index (Phi) is 4.81. The van der Waals surface area contributed by atoms with Gasteiger partial charge in [-0.3, -0.25) is 4.90 Å². The van der Waals surface area contributed by atoms with E-state index in [0.29, 0.717) is 0 Å². The Morgan fingerprint density at radius 2 is 1.81 bits per heavy atom. The Morgan fingerprint density at radius 3 is 2.48 bits per heavy atom. The van der Waals surface area contributed by atoms with Crippen molar-refractivity contribution in [3.8, 4) is 0 Å². The smallest absolute Gasteiger partial charge is 0.0412 e. The van der Waals surface area contributed by atoms with Crippen LogP contribution in [0.3, 0.4) is 0 Å². The van der Waals surface area contributed by atoms with Crippen LogP contribution in [0.2, 0.25) is 0 Å². The fourth-order valence-electron chi connectivity index (χ4n) is 3.95. The van der Waals surface area contributed by atoms with E-state index in [2.05, 4.69) is 40.2 Å². The lowest BCUT2D eigenvalue weighted by atomic mass is 10.1. The summed E-state index contributed by atoms with van der Waals surface area (Å²) < 4.78 is 0. The normalized spacial score (nSPS) is 21.1. The van der Waals surface area contributed by atoms with Gasteiger partial charge in [-0.1, -0.05) is 30.5 Å². The summed E-state index contributed by atoms with van der Waals surface area (Å²) in [7, 11) is 2.03. The van der Waals surface area contributed by atoms with Gasteiger partial charge >= 0.3 is 0 Å². The highest BCUT2D eigenvalue weighted by Gasteiger charge is 2.26. The van der Waals surface area contributed by atoms with Gasteiger partial charge in [0.2, 0.25) is 0 Å². The van der Waals surface area contributed by atoms with Gasteiger partial charge in [-0.15, -0.1) is 0 Å². The number of aryl methyl sites for hydroxylation is 1. The number of hydrogen-bond donors (Lipinski definition) is 1. The summed E-state index contributed by atoms with van der Waals surface area (Å²) in [5, 5.41) is 3.31. The molecule has 3 heteroatoms. The molecule has 1 saturated heterocycles. The van der Waals surface area contributed by atoms with Gasteiger partial charge in [0.1, 0.15) is 0 Å². The molecule has 0 radical (unpaired) electrons. The van der Waals surface area contributed by atoms with E-state index in [9.17, 15) is 0 Å². The number of piperazine rings is 1. The van der Waals surface area contributed by atoms with Crippen molar-refractivity contribution in [2.75, 3.05) is 38.1 Å². The van der Waals surface area contributed by atoms with Crippen molar-refractivity contribution in [2.24, 2.45) is 0 Å². The van der Waals surface area contributed by atoms with Crippen LogP contribution in [0.25, 0.3) is 0 Å². The third-order valence-corrected chi connectivity index (χ3v) is 5.10. The zero-order chi connectivity index (χ0) is 14.7. The molecule has 1 aliphatic heterocycles. The van der Waals surface area contributed by atoms with Crippen LogP contribution in [0.15, 0.2) is 18.2 Å². The van der Waals surface area contributed by atoms with Crippen LogP contribution < -0.4 is 10.2 Å². The summed E-state index contributed by atoms with van der Waals surface area (Å²) in [6.07, 6.45) is 5.73. The molecule has 2 fully saturated rings. The Labute approximate surface area is 129 Å². The van der Waals surface area contributed by atoms with Crippen molar-refractivity contribution in [1.29, 1.82) is 0 Å². The van der Waals surface area contributed by atoms with E-state index >= 15 is 0 Å². The van der Waals surface area contributed by atoms with Gasteiger partial charge in [-0.25, -0.2) is 0 Å². The molecule has 1 aliphatic carbocycles. The summed E-state index contributed by atoms with van der Waals surface area (Å²) in [5.41, 5.74) is 4.22. The Morgan fingerprint density at radius 1 is 1.10 bits per heavy atom. The summed E-state index contributed by atoms with van der Waals surface area (Å²) in [6, 6.07) is 7.77. The molecule has 21 heavy (non-hydrogen) atoms. The van der Waals surface area contributed by atoms with Gasteiger partial charge in [0.25, 0.3) is 0 Å². The zero-order valence-electron chi connectivity index (χ0n) is 13.6. The first kappa shape index (κ1) is 14.9. The van der Waals surface area contributed by atoms with E-state index in [1.165, 1.54) is 68.7 Å². The van der Waals surface area contributed by atoms with Crippen LogP contribution in [0, 0.1) is 6.92 Å². The van der Waals surface area contributed by atoms with E-state index in [-0.39, 0.29) is 0 Å². The van der Waals surface area contributed by atoms with Crippen molar-refractivity contribution < 1.29 is 0 Å². The number of hydrogen-bond acceptors (Lipinski definition) is 3. The minimum absolute atomic E-state index is 0.877. The SMILES string of the molecule is CNCc1cc(C)ccc1N1CCN(C2CCCC2)CC1. The molecule has 0 bridgehead atoms. The topological polar surface area (TPSA) is 18.5 Å². The second-order valence-corrected chi connectivity index (χ2v) is 6.62. The lowest BCUT2D eigenvalue weighted by Gasteiger charge is -2.40. The summed E-state index contributed by atoms with van der Waals surface area (Å²) >= 11 is 0. The van der Waals surface area contributed by atoms with Crippen LogP contribution in [-0.2, 0) is 6.54 Å². The molecule has 3 nitrogen and oxygen atoms in total. The van der Waals surface area contributed by atoms with Gasteiger partial charge in [0, 0.05) is 44.5 Å². The van der Waals surface area contributed by atoms with Gasteiger partial charge in [0.15, 0.2) is 0 Å². The van der Waals surface area contributed by atoms with E-state index in [0.717, 1.165) is 12.6 Å². The predicted molar refractivity (Wildman–Crippen MR) is 90.0 cm³/mol. The molecule has 1 N–H and O–H groups in total. The summed E-state index contributed by atoms with van der Waals surface area (Å²) in [6.45, 7) is 7.96. The molecule has 0 spiro atoms. The number of nitrogens with one attached hydrogen (secondary N) is 1. The number of rotatable bonds is 4. The van der Waals surface area contributed by atoms with Gasteiger partial charge < -0.3 is 10.2 Å². The van der Waals surface area contributed by atoms with Crippen LogP contribution in [0.4, 0.5) is 5.69 Å². The third-order valence-electron chi connectivity index (χ3n) is 5.10. The highest BCUT2D eigenvalue weighted by Crippen LogP contribution is 2.27.